The summed E-state index contributed by atoms with van der Waals surface area (Å²) < 4.78 is 26.8. The summed E-state index contributed by atoms with van der Waals surface area (Å²) in [6.07, 6.45) is 4.06. The minimum Gasteiger partial charge on any atom is -0.466 e. The molecule has 2 aromatic rings. The topological polar surface area (TPSA) is 80.5 Å². The summed E-state index contributed by atoms with van der Waals surface area (Å²) in [6, 6.07) is 1.77. The molecule has 0 saturated carbocycles. The molecular weight excluding hydrogens is 387 g/mol. The molecule has 5 heterocycles. The van der Waals surface area contributed by atoms with Gasteiger partial charge in [0, 0.05) is 31.5 Å². The SMILES string of the molecule is CCc1ncnc(N2C[C@@H]3[C@H](CNC(=O)c4cc(C)oc4C)[C@H]4CC[C@]3(C2)O4)c1F. The zero-order valence-electron chi connectivity index (χ0n) is 17.6. The summed E-state index contributed by atoms with van der Waals surface area (Å²) in [6.45, 7) is 7.38. The Kier molecular flexibility index (Phi) is 4.57. The monoisotopic (exact) mass is 414 g/mol. The van der Waals surface area contributed by atoms with Crippen LogP contribution in [0.2, 0.25) is 0 Å². The van der Waals surface area contributed by atoms with E-state index in [0.717, 1.165) is 18.6 Å². The van der Waals surface area contributed by atoms with Crippen molar-refractivity contribution >= 4 is 11.7 Å². The Bertz CT molecular complexity index is 993. The number of hydrogen-bond donors (Lipinski definition) is 1. The zero-order valence-corrected chi connectivity index (χ0v) is 17.6. The first-order valence-electron chi connectivity index (χ1n) is 10.7. The molecule has 0 aromatic carbocycles. The van der Waals surface area contributed by atoms with Gasteiger partial charge in [-0.25, -0.2) is 14.4 Å². The maximum atomic E-state index is 14.8. The Balaban J connectivity index is 1.32. The number of nitrogens with zero attached hydrogens (tertiary/aromatic N) is 3. The quantitative estimate of drug-likeness (QED) is 0.810. The maximum absolute atomic E-state index is 14.8. The van der Waals surface area contributed by atoms with Crippen molar-refractivity contribution in [1.29, 1.82) is 0 Å². The Morgan fingerprint density at radius 2 is 2.23 bits per heavy atom. The molecule has 1 amide bonds. The normalized spacial score (nSPS) is 29.5. The third-order valence-electron chi connectivity index (χ3n) is 7.05. The molecule has 3 saturated heterocycles. The van der Waals surface area contributed by atoms with Crippen LogP contribution in [0.3, 0.4) is 0 Å². The van der Waals surface area contributed by atoms with Gasteiger partial charge in [-0.1, -0.05) is 6.92 Å². The molecule has 3 aliphatic rings. The molecule has 0 aliphatic carbocycles. The fourth-order valence-corrected chi connectivity index (χ4v) is 5.65. The first-order valence-corrected chi connectivity index (χ1v) is 10.7. The number of anilines is 1. The van der Waals surface area contributed by atoms with Crippen LogP contribution in [-0.4, -0.2) is 47.2 Å². The van der Waals surface area contributed by atoms with Crippen LogP contribution in [0.1, 0.15) is 47.3 Å². The van der Waals surface area contributed by atoms with E-state index in [4.69, 9.17) is 9.15 Å². The predicted octanol–water partition coefficient (Wildman–Crippen LogP) is 2.80. The van der Waals surface area contributed by atoms with E-state index in [9.17, 15) is 9.18 Å². The Hall–Kier alpha value is -2.48. The number of aromatic nitrogens is 2. The Morgan fingerprint density at radius 3 is 2.97 bits per heavy atom. The second-order valence-corrected chi connectivity index (χ2v) is 8.76. The van der Waals surface area contributed by atoms with Crippen LogP contribution in [0.25, 0.3) is 0 Å². The fraction of sp³-hybridized carbons (Fsp3) is 0.591. The van der Waals surface area contributed by atoms with E-state index in [2.05, 4.69) is 15.3 Å². The van der Waals surface area contributed by atoms with E-state index in [1.165, 1.54) is 6.33 Å². The molecule has 8 heteroatoms. The number of amides is 1. The second kappa shape index (κ2) is 7.04. The number of halogens is 1. The Morgan fingerprint density at radius 1 is 1.40 bits per heavy atom. The number of rotatable bonds is 5. The van der Waals surface area contributed by atoms with Crippen LogP contribution < -0.4 is 10.2 Å². The van der Waals surface area contributed by atoms with Crippen LogP contribution in [0.5, 0.6) is 0 Å². The summed E-state index contributed by atoms with van der Waals surface area (Å²) in [5.74, 6) is 1.71. The van der Waals surface area contributed by atoms with Gasteiger partial charge >= 0.3 is 0 Å². The lowest BCUT2D eigenvalue weighted by atomic mass is 9.73. The van der Waals surface area contributed by atoms with Gasteiger partial charge in [0.25, 0.3) is 5.91 Å². The van der Waals surface area contributed by atoms with Crippen molar-refractivity contribution in [3.63, 3.8) is 0 Å². The van der Waals surface area contributed by atoms with Gasteiger partial charge in [-0.05, 0) is 39.2 Å². The highest BCUT2D eigenvalue weighted by molar-refractivity contribution is 5.95. The zero-order chi connectivity index (χ0) is 21.0. The summed E-state index contributed by atoms with van der Waals surface area (Å²) in [5, 5.41) is 3.08. The van der Waals surface area contributed by atoms with Gasteiger partial charge in [0.2, 0.25) is 0 Å². The largest absolute Gasteiger partial charge is 0.466 e. The van der Waals surface area contributed by atoms with Crippen LogP contribution >= 0.6 is 0 Å². The lowest BCUT2D eigenvalue weighted by Gasteiger charge is -2.29. The molecule has 5 rings (SSSR count). The van der Waals surface area contributed by atoms with Crippen molar-refractivity contribution < 1.29 is 18.3 Å². The minimum absolute atomic E-state index is 0.120. The molecule has 7 nitrogen and oxygen atoms in total. The van der Waals surface area contributed by atoms with Gasteiger partial charge < -0.3 is 19.4 Å². The van der Waals surface area contributed by atoms with Gasteiger partial charge in [0.05, 0.1) is 23.0 Å². The van der Waals surface area contributed by atoms with Crippen molar-refractivity contribution in [2.75, 3.05) is 24.5 Å². The van der Waals surface area contributed by atoms with Gasteiger partial charge in [-0.3, -0.25) is 4.79 Å². The summed E-state index contributed by atoms with van der Waals surface area (Å²) in [7, 11) is 0. The van der Waals surface area contributed by atoms with E-state index in [1.807, 2.05) is 18.7 Å². The summed E-state index contributed by atoms with van der Waals surface area (Å²) >= 11 is 0. The van der Waals surface area contributed by atoms with Crippen LogP contribution in [0.4, 0.5) is 10.2 Å². The van der Waals surface area contributed by atoms with E-state index >= 15 is 0 Å². The van der Waals surface area contributed by atoms with Crippen LogP contribution in [-0.2, 0) is 11.2 Å². The molecule has 160 valence electrons. The smallest absolute Gasteiger partial charge is 0.254 e. The average Bonchev–Trinajstić information content (AvgIpc) is 3.45. The highest BCUT2D eigenvalue weighted by Crippen LogP contribution is 2.55. The molecule has 0 unspecified atom stereocenters. The van der Waals surface area contributed by atoms with Crippen molar-refractivity contribution in [1.82, 2.24) is 15.3 Å². The number of carbonyl (C=O) groups is 1. The molecule has 1 N–H and O–H groups in total. The van der Waals surface area contributed by atoms with Crippen molar-refractivity contribution in [2.45, 2.75) is 51.7 Å². The minimum atomic E-state index is -0.332. The lowest BCUT2D eigenvalue weighted by Crippen LogP contribution is -2.41. The molecule has 2 aromatic heterocycles. The first-order chi connectivity index (χ1) is 14.4. The highest BCUT2D eigenvalue weighted by atomic mass is 19.1. The molecule has 3 fully saturated rings. The van der Waals surface area contributed by atoms with E-state index < -0.39 is 0 Å². The summed E-state index contributed by atoms with van der Waals surface area (Å²) in [5.41, 5.74) is 0.746. The number of nitrogens with one attached hydrogen (secondary N) is 1. The number of carbonyl (C=O) groups excluding carboxylic acids is 1. The Labute approximate surface area is 175 Å². The summed E-state index contributed by atoms with van der Waals surface area (Å²) in [4.78, 5) is 22.9. The van der Waals surface area contributed by atoms with Crippen molar-refractivity contribution in [3.8, 4) is 0 Å². The molecule has 2 bridgehead atoms. The first kappa shape index (κ1) is 19.5. The molecule has 0 radical (unpaired) electrons. The number of aryl methyl sites for hydroxylation is 3. The third-order valence-corrected chi connectivity index (χ3v) is 7.05. The molecule has 1 spiro atoms. The van der Waals surface area contributed by atoms with Crippen molar-refractivity contribution in [2.24, 2.45) is 11.8 Å². The van der Waals surface area contributed by atoms with Gasteiger partial charge in [-0.15, -0.1) is 0 Å². The number of furan rings is 1. The maximum Gasteiger partial charge on any atom is 0.254 e. The standard InChI is InChI=1S/C22H27FN4O3/c1-4-17-19(23)20(26-11-25-17)27-9-16-15(18-5-6-22(16,10-27)30-18)8-24-21(28)14-7-12(2)29-13(14)3/h7,11,15-16,18H,4-6,8-10H2,1-3H3,(H,24,28)/t15-,16+,18+,22+/m0/s1. The van der Waals surface area contributed by atoms with Crippen LogP contribution in [0, 0.1) is 31.5 Å². The average molecular weight is 414 g/mol. The predicted molar refractivity (Wildman–Crippen MR) is 108 cm³/mol. The van der Waals surface area contributed by atoms with Crippen molar-refractivity contribution in [3.05, 3.63) is 41.0 Å². The highest BCUT2D eigenvalue weighted by Gasteiger charge is 2.63. The van der Waals surface area contributed by atoms with Gasteiger partial charge in [0.1, 0.15) is 17.8 Å². The molecular formula is C22H27FN4O3. The van der Waals surface area contributed by atoms with E-state index in [0.29, 0.717) is 48.9 Å². The number of hydrogen-bond acceptors (Lipinski definition) is 6. The number of fused-ring (bicyclic) bond motifs is 1. The number of ether oxygens (including phenoxy) is 1. The van der Waals surface area contributed by atoms with Gasteiger partial charge in [0.15, 0.2) is 11.6 Å². The van der Waals surface area contributed by atoms with Gasteiger partial charge in [-0.2, -0.15) is 0 Å². The van der Waals surface area contributed by atoms with Crippen LogP contribution in [0.15, 0.2) is 16.8 Å². The molecule has 30 heavy (non-hydrogen) atoms. The third kappa shape index (κ3) is 2.92. The fourth-order valence-electron chi connectivity index (χ4n) is 5.65. The molecule has 4 atom stereocenters. The van der Waals surface area contributed by atoms with E-state index in [1.54, 1.807) is 13.0 Å². The molecule has 3 aliphatic heterocycles. The second-order valence-electron chi connectivity index (χ2n) is 8.76. The van der Waals surface area contributed by atoms with E-state index in [-0.39, 0.29) is 35.3 Å². The lowest BCUT2D eigenvalue weighted by molar-refractivity contribution is 0.0141.